The minimum atomic E-state index is -0.522. The summed E-state index contributed by atoms with van der Waals surface area (Å²) >= 11 is 0. The van der Waals surface area contributed by atoms with Crippen LogP contribution in [-0.2, 0) is 5.41 Å². The Labute approximate surface area is 392 Å². The first-order valence-electron chi connectivity index (χ1n) is 22.9. The monoisotopic (exact) mass is 870 g/mol. The number of para-hydroxylation sites is 6. The Hall–Kier alpha value is -9.06. The van der Waals surface area contributed by atoms with Crippen LogP contribution in [0.5, 0.6) is 11.5 Å². The Bertz CT molecular complexity index is 3690. The van der Waals surface area contributed by atoms with Gasteiger partial charge in [0, 0.05) is 22.3 Å². The van der Waals surface area contributed by atoms with E-state index < -0.39 is 5.41 Å². The highest BCUT2D eigenvalue weighted by Gasteiger charge is 2.51. The second-order valence-electron chi connectivity index (χ2n) is 17.7. The number of aromatic nitrogens is 2. The molecule has 0 bridgehead atoms. The predicted octanol–water partition coefficient (Wildman–Crippen LogP) is 16.4. The number of nitrogens with zero attached hydrogens (tertiary/aromatic N) is 2. The fraction of sp³-hybridized carbons (Fsp3) is 0.0159. The number of oxazole rings is 2. The van der Waals surface area contributed by atoms with Gasteiger partial charge in [0.2, 0.25) is 11.8 Å². The van der Waals surface area contributed by atoms with E-state index in [4.69, 9.17) is 23.5 Å². The molecule has 1 aliphatic heterocycles. The standard InChI is InChI=1S/C63H38N2O3/c1-2-12-51-49(11-1)50-34-33-45(38-54(50)63(51)52-13-3-7-17-57(52)66-58-18-8-4-14-53(58)63)39-21-23-40(24-22-39)46-35-47(41-25-29-43(30-26-41)61-64-55-15-5-9-19-59(55)67-61)37-48(36-46)42-27-31-44(32-28-42)62-65-56-16-6-10-20-60(56)68-62/h1-38H. The molecule has 0 N–H and O–H groups in total. The van der Waals surface area contributed by atoms with Gasteiger partial charge in [0.1, 0.15) is 22.5 Å². The van der Waals surface area contributed by atoms with E-state index in [-0.39, 0.29) is 0 Å². The highest BCUT2D eigenvalue weighted by molar-refractivity contribution is 5.91. The van der Waals surface area contributed by atoms with Gasteiger partial charge in [-0.05, 0) is 152 Å². The van der Waals surface area contributed by atoms with Crippen LogP contribution < -0.4 is 4.74 Å². The zero-order valence-electron chi connectivity index (χ0n) is 36.6. The van der Waals surface area contributed by atoms with Crippen LogP contribution in [0.3, 0.4) is 0 Å². The van der Waals surface area contributed by atoms with E-state index >= 15 is 0 Å². The fourth-order valence-corrected chi connectivity index (χ4v) is 10.6. The van der Waals surface area contributed by atoms with E-state index in [1.807, 2.05) is 48.5 Å². The van der Waals surface area contributed by atoms with Gasteiger partial charge in [-0.2, -0.15) is 0 Å². The second-order valence-corrected chi connectivity index (χ2v) is 17.7. The van der Waals surface area contributed by atoms with Gasteiger partial charge in [0.05, 0.1) is 5.41 Å². The lowest BCUT2D eigenvalue weighted by molar-refractivity contribution is 0.436. The third-order valence-corrected chi connectivity index (χ3v) is 13.8. The Morgan fingerprint density at radius 3 is 1.16 bits per heavy atom. The fourth-order valence-electron chi connectivity index (χ4n) is 10.6. The molecular weight excluding hydrogens is 833 g/mol. The maximum absolute atomic E-state index is 6.59. The molecule has 0 unspecified atom stereocenters. The Morgan fingerprint density at radius 2 is 0.662 bits per heavy atom. The largest absolute Gasteiger partial charge is 0.457 e. The number of benzene rings is 10. The zero-order valence-corrected chi connectivity index (χ0v) is 36.6. The van der Waals surface area contributed by atoms with Crippen LogP contribution in [0.25, 0.3) is 101 Å². The van der Waals surface area contributed by atoms with Crippen molar-refractivity contribution in [1.82, 2.24) is 9.97 Å². The SMILES string of the molecule is c1ccc2c(c1)Oc1ccccc1C21c2ccccc2-c2ccc(-c3ccc(-c4cc(-c5ccc(-c6nc7ccccc7o6)cc5)cc(-c5ccc(-c6nc7ccccc7o6)cc5)c4)cc3)cc21. The van der Waals surface area contributed by atoms with E-state index in [1.54, 1.807) is 0 Å². The van der Waals surface area contributed by atoms with Crippen LogP contribution in [0.1, 0.15) is 22.3 Å². The maximum Gasteiger partial charge on any atom is 0.227 e. The van der Waals surface area contributed by atoms with Crippen LogP contribution in [0.4, 0.5) is 0 Å². The Kier molecular flexibility index (Phi) is 8.43. The molecule has 0 saturated carbocycles. The molecule has 0 fully saturated rings. The van der Waals surface area contributed by atoms with Crippen molar-refractivity contribution >= 4 is 22.2 Å². The average Bonchev–Trinajstić information content (AvgIpc) is 4.13. The molecule has 2 aromatic heterocycles. The Balaban J connectivity index is 0.856. The molecule has 10 aromatic carbocycles. The van der Waals surface area contributed by atoms with Gasteiger partial charge >= 0.3 is 0 Å². The van der Waals surface area contributed by atoms with Crippen LogP contribution >= 0.6 is 0 Å². The van der Waals surface area contributed by atoms with Crippen molar-refractivity contribution in [3.8, 4) is 90.0 Å². The number of fused-ring (bicyclic) bond motifs is 11. The van der Waals surface area contributed by atoms with Crippen molar-refractivity contribution in [1.29, 1.82) is 0 Å². The summed E-state index contributed by atoms with van der Waals surface area (Å²) in [6, 6.07) is 81.5. The van der Waals surface area contributed by atoms with Gasteiger partial charge in [-0.25, -0.2) is 9.97 Å². The van der Waals surface area contributed by atoms with Crippen molar-refractivity contribution in [3.05, 3.63) is 253 Å². The van der Waals surface area contributed by atoms with E-state index in [0.29, 0.717) is 11.8 Å². The second kappa shape index (κ2) is 15.0. The predicted molar refractivity (Wildman–Crippen MR) is 272 cm³/mol. The van der Waals surface area contributed by atoms with Crippen LogP contribution in [0.2, 0.25) is 0 Å². The molecule has 14 rings (SSSR count). The van der Waals surface area contributed by atoms with Crippen molar-refractivity contribution in [2.24, 2.45) is 0 Å². The summed E-state index contributed by atoms with van der Waals surface area (Å²) in [6.45, 7) is 0. The van der Waals surface area contributed by atoms with Gasteiger partial charge in [0.15, 0.2) is 11.2 Å². The van der Waals surface area contributed by atoms with Crippen LogP contribution in [0.15, 0.2) is 239 Å². The molecule has 68 heavy (non-hydrogen) atoms. The first kappa shape index (κ1) is 38.2. The summed E-state index contributed by atoms with van der Waals surface area (Å²) in [5.41, 5.74) is 20.9. The number of hydrogen-bond donors (Lipinski definition) is 0. The normalized spacial score (nSPS) is 12.9. The maximum atomic E-state index is 6.59. The molecule has 1 aliphatic carbocycles. The topological polar surface area (TPSA) is 61.3 Å². The minimum Gasteiger partial charge on any atom is -0.457 e. The van der Waals surface area contributed by atoms with Gasteiger partial charge in [-0.1, -0.05) is 146 Å². The molecule has 1 spiro atoms. The lowest BCUT2D eigenvalue weighted by Gasteiger charge is -2.39. The molecular formula is C63H38N2O3. The van der Waals surface area contributed by atoms with Crippen molar-refractivity contribution in [2.45, 2.75) is 5.41 Å². The summed E-state index contributed by atoms with van der Waals surface area (Å²) in [7, 11) is 0. The lowest BCUT2D eigenvalue weighted by Crippen LogP contribution is -2.32. The highest BCUT2D eigenvalue weighted by atomic mass is 16.5. The molecule has 3 heterocycles. The summed E-state index contributed by atoms with van der Waals surface area (Å²) in [6.07, 6.45) is 0. The van der Waals surface area contributed by atoms with Gasteiger partial charge in [-0.15, -0.1) is 0 Å². The summed E-state index contributed by atoms with van der Waals surface area (Å²) in [4.78, 5) is 9.49. The molecule has 0 saturated heterocycles. The third-order valence-electron chi connectivity index (χ3n) is 13.8. The van der Waals surface area contributed by atoms with E-state index in [2.05, 4.69) is 182 Å². The van der Waals surface area contributed by atoms with E-state index in [0.717, 1.165) is 100 Å². The van der Waals surface area contributed by atoms with Gasteiger partial charge in [-0.3, -0.25) is 0 Å². The molecule has 0 amide bonds. The quantitative estimate of drug-likeness (QED) is 0.167. The number of rotatable bonds is 6. The average molecular weight is 871 g/mol. The first-order chi connectivity index (χ1) is 33.6. The zero-order chi connectivity index (χ0) is 44.8. The molecule has 0 atom stereocenters. The van der Waals surface area contributed by atoms with Crippen LogP contribution in [-0.4, -0.2) is 9.97 Å². The van der Waals surface area contributed by atoms with E-state index in [9.17, 15) is 0 Å². The summed E-state index contributed by atoms with van der Waals surface area (Å²) in [5.74, 6) is 3.00. The molecule has 0 radical (unpaired) electrons. The van der Waals surface area contributed by atoms with Crippen molar-refractivity contribution in [3.63, 3.8) is 0 Å². The summed E-state index contributed by atoms with van der Waals surface area (Å²) < 4.78 is 18.8. The number of hydrogen-bond acceptors (Lipinski definition) is 5. The van der Waals surface area contributed by atoms with Gasteiger partial charge in [0.25, 0.3) is 0 Å². The molecule has 318 valence electrons. The lowest BCUT2D eigenvalue weighted by atomic mass is 9.66. The molecule has 12 aromatic rings. The van der Waals surface area contributed by atoms with Crippen LogP contribution in [0, 0.1) is 0 Å². The molecule has 5 nitrogen and oxygen atoms in total. The number of ether oxygens (including phenoxy) is 1. The highest BCUT2D eigenvalue weighted by Crippen LogP contribution is 2.62. The summed E-state index contributed by atoms with van der Waals surface area (Å²) in [5, 5.41) is 0. The smallest absolute Gasteiger partial charge is 0.227 e. The van der Waals surface area contributed by atoms with Crippen molar-refractivity contribution < 1.29 is 13.6 Å². The molecule has 5 heteroatoms. The minimum absolute atomic E-state index is 0.522. The van der Waals surface area contributed by atoms with Gasteiger partial charge < -0.3 is 13.6 Å². The molecule has 2 aliphatic rings. The Morgan fingerprint density at radius 1 is 0.279 bits per heavy atom. The van der Waals surface area contributed by atoms with E-state index in [1.165, 1.54) is 22.3 Å². The first-order valence-corrected chi connectivity index (χ1v) is 22.9. The van der Waals surface area contributed by atoms with Crippen molar-refractivity contribution in [2.75, 3.05) is 0 Å². The third kappa shape index (κ3) is 5.96.